The van der Waals surface area contributed by atoms with Gasteiger partial charge in [-0.1, -0.05) is 0 Å². The fourth-order valence-corrected chi connectivity index (χ4v) is 2.12. The molecule has 0 saturated carbocycles. The van der Waals surface area contributed by atoms with E-state index in [1.807, 2.05) is 0 Å². The highest BCUT2D eigenvalue weighted by Crippen LogP contribution is 2.34. The Morgan fingerprint density at radius 3 is 2.40 bits per heavy atom. The molecule has 1 rings (SSSR count). The zero-order valence-corrected chi connectivity index (χ0v) is 9.47. The van der Waals surface area contributed by atoms with E-state index in [9.17, 15) is 9.59 Å². The van der Waals surface area contributed by atoms with Crippen molar-refractivity contribution >= 4 is 11.8 Å². The molecule has 0 aromatic heterocycles. The third-order valence-electron chi connectivity index (χ3n) is 2.86. The zero-order valence-electron chi connectivity index (χ0n) is 9.47. The van der Waals surface area contributed by atoms with E-state index in [2.05, 4.69) is 5.32 Å². The minimum atomic E-state index is -0.562. The molecule has 86 valence electrons. The van der Waals surface area contributed by atoms with Gasteiger partial charge < -0.3 is 10.1 Å². The largest absolute Gasteiger partial charge is 0.466 e. The summed E-state index contributed by atoms with van der Waals surface area (Å²) in [6, 6.07) is 0. The fraction of sp³-hybridized carbons (Fsp3) is 0.818. The quantitative estimate of drug-likeness (QED) is 0.705. The van der Waals surface area contributed by atoms with Crippen LogP contribution in [-0.2, 0) is 14.3 Å². The van der Waals surface area contributed by atoms with Crippen molar-refractivity contribution in [2.75, 3.05) is 19.7 Å². The van der Waals surface area contributed by atoms with Crippen LogP contribution in [0.4, 0.5) is 0 Å². The third kappa shape index (κ3) is 3.02. The Kier molecular flexibility index (Phi) is 4.27. The minimum absolute atomic E-state index is 0.0601. The van der Waals surface area contributed by atoms with Crippen molar-refractivity contribution in [1.82, 2.24) is 5.32 Å². The van der Waals surface area contributed by atoms with Crippen molar-refractivity contribution in [3.63, 3.8) is 0 Å². The Hall–Kier alpha value is -0.900. The second-order valence-corrected chi connectivity index (χ2v) is 4.13. The molecule has 0 amide bonds. The van der Waals surface area contributed by atoms with Gasteiger partial charge in [-0.2, -0.15) is 0 Å². The standard InChI is InChI=1S/C11H19NO3/c1-3-15-10(14)11(8-9(2)13)4-6-12-7-5-11/h12H,3-8H2,1-2H3. The van der Waals surface area contributed by atoms with E-state index in [-0.39, 0.29) is 11.8 Å². The van der Waals surface area contributed by atoms with Gasteiger partial charge in [-0.05, 0) is 39.8 Å². The van der Waals surface area contributed by atoms with Crippen molar-refractivity contribution in [3.05, 3.63) is 0 Å². The van der Waals surface area contributed by atoms with Gasteiger partial charge in [0.25, 0.3) is 0 Å². The summed E-state index contributed by atoms with van der Waals surface area (Å²) in [5.41, 5.74) is -0.562. The van der Waals surface area contributed by atoms with Crippen molar-refractivity contribution in [1.29, 1.82) is 0 Å². The zero-order chi connectivity index (χ0) is 11.3. The number of ether oxygens (including phenoxy) is 1. The Balaban J connectivity index is 2.74. The number of esters is 1. The van der Waals surface area contributed by atoms with Crippen LogP contribution in [0.5, 0.6) is 0 Å². The predicted molar refractivity (Wildman–Crippen MR) is 56.5 cm³/mol. The molecule has 0 aromatic rings. The van der Waals surface area contributed by atoms with Gasteiger partial charge in [0.05, 0.1) is 12.0 Å². The highest BCUT2D eigenvalue weighted by molar-refractivity contribution is 5.85. The van der Waals surface area contributed by atoms with Gasteiger partial charge >= 0.3 is 5.97 Å². The molecule has 0 atom stereocenters. The molecule has 0 aromatic carbocycles. The third-order valence-corrected chi connectivity index (χ3v) is 2.86. The average molecular weight is 213 g/mol. The summed E-state index contributed by atoms with van der Waals surface area (Å²) in [6.07, 6.45) is 1.71. The Bertz CT molecular complexity index is 244. The Morgan fingerprint density at radius 2 is 1.93 bits per heavy atom. The van der Waals surface area contributed by atoms with Gasteiger partial charge in [-0.15, -0.1) is 0 Å². The van der Waals surface area contributed by atoms with E-state index >= 15 is 0 Å². The van der Waals surface area contributed by atoms with Crippen molar-refractivity contribution in [2.45, 2.75) is 33.1 Å². The number of piperidine rings is 1. The highest BCUT2D eigenvalue weighted by atomic mass is 16.5. The first-order valence-electron chi connectivity index (χ1n) is 5.48. The van der Waals surface area contributed by atoms with Crippen molar-refractivity contribution in [3.8, 4) is 0 Å². The first-order chi connectivity index (χ1) is 7.10. The van der Waals surface area contributed by atoms with Crippen LogP contribution in [-0.4, -0.2) is 31.4 Å². The first kappa shape index (κ1) is 12.2. The van der Waals surface area contributed by atoms with Crippen LogP contribution in [0.1, 0.15) is 33.1 Å². The van der Waals surface area contributed by atoms with Crippen molar-refractivity contribution in [2.24, 2.45) is 5.41 Å². The number of carbonyl (C=O) groups excluding carboxylic acids is 2. The maximum atomic E-state index is 11.9. The maximum absolute atomic E-state index is 11.9. The number of Topliss-reactive ketones (excluding diaryl/α,β-unsaturated/α-hetero) is 1. The summed E-state index contributed by atoms with van der Waals surface area (Å²) in [5, 5.41) is 3.19. The number of ketones is 1. The lowest BCUT2D eigenvalue weighted by atomic mass is 9.75. The van der Waals surface area contributed by atoms with Gasteiger partial charge in [-0.25, -0.2) is 0 Å². The first-order valence-corrected chi connectivity index (χ1v) is 5.48. The van der Waals surface area contributed by atoms with E-state index in [4.69, 9.17) is 4.74 Å². The Morgan fingerprint density at radius 1 is 1.33 bits per heavy atom. The molecule has 4 nitrogen and oxygen atoms in total. The number of hydrogen-bond acceptors (Lipinski definition) is 4. The monoisotopic (exact) mass is 213 g/mol. The maximum Gasteiger partial charge on any atom is 0.312 e. The smallest absolute Gasteiger partial charge is 0.312 e. The molecule has 0 unspecified atom stereocenters. The molecule has 1 heterocycles. The van der Waals surface area contributed by atoms with Gasteiger partial charge in [0.1, 0.15) is 5.78 Å². The summed E-state index contributed by atoms with van der Waals surface area (Å²) >= 11 is 0. The van der Waals surface area contributed by atoms with Gasteiger partial charge in [0, 0.05) is 6.42 Å². The van der Waals surface area contributed by atoms with Crippen LogP contribution in [0, 0.1) is 5.41 Å². The molecule has 4 heteroatoms. The van der Waals surface area contributed by atoms with Gasteiger partial charge in [-0.3, -0.25) is 9.59 Å². The Labute approximate surface area is 90.4 Å². The number of hydrogen-bond donors (Lipinski definition) is 1. The molecular weight excluding hydrogens is 194 g/mol. The van der Waals surface area contributed by atoms with Crippen LogP contribution in [0.15, 0.2) is 0 Å². The van der Waals surface area contributed by atoms with E-state index in [0.717, 1.165) is 13.1 Å². The highest BCUT2D eigenvalue weighted by Gasteiger charge is 2.41. The molecule has 0 radical (unpaired) electrons. The lowest BCUT2D eigenvalue weighted by molar-refractivity contribution is -0.159. The molecule has 0 spiro atoms. The molecule has 1 N–H and O–H groups in total. The summed E-state index contributed by atoms with van der Waals surface area (Å²) in [5.74, 6) is -0.147. The molecular formula is C11H19NO3. The van der Waals surface area contributed by atoms with Crippen LogP contribution >= 0.6 is 0 Å². The minimum Gasteiger partial charge on any atom is -0.466 e. The lowest BCUT2D eigenvalue weighted by Crippen LogP contribution is -2.44. The number of rotatable bonds is 4. The van der Waals surface area contributed by atoms with Crippen LogP contribution < -0.4 is 5.32 Å². The second-order valence-electron chi connectivity index (χ2n) is 4.13. The SMILES string of the molecule is CCOC(=O)C1(CC(C)=O)CCNCC1. The normalized spacial score (nSPS) is 19.6. The van der Waals surface area contributed by atoms with E-state index in [1.54, 1.807) is 6.92 Å². The summed E-state index contributed by atoms with van der Waals surface area (Å²) in [4.78, 5) is 23.1. The second kappa shape index (κ2) is 5.26. The fourth-order valence-electron chi connectivity index (χ4n) is 2.12. The van der Waals surface area contributed by atoms with Crippen LogP contribution in [0.25, 0.3) is 0 Å². The van der Waals surface area contributed by atoms with Gasteiger partial charge in [0.2, 0.25) is 0 Å². The van der Waals surface area contributed by atoms with Gasteiger partial charge in [0.15, 0.2) is 0 Å². The number of nitrogens with one attached hydrogen (secondary N) is 1. The number of carbonyl (C=O) groups is 2. The summed E-state index contributed by atoms with van der Waals surface area (Å²) < 4.78 is 5.07. The summed E-state index contributed by atoms with van der Waals surface area (Å²) in [6.45, 7) is 5.27. The lowest BCUT2D eigenvalue weighted by Gasteiger charge is -2.34. The average Bonchev–Trinajstić information content (AvgIpc) is 2.18. The molecule has 15 heavy (non-hydrogen) atoms. The molecule has 0 aliphatic carbocycles. The van der Waals surface area contributed by atoms with E-state index < -0.39 is 5.41 Å². The topological polar surface area (TPSA) is 55.4 Å². The van der Waals surface area contributed by atoms with E-state index in [1.165, 1.54) is 6.92 Å². The van der Waals surface area contributed by atoms with Crippen LogP contribution in [0.2, 0.25) is 0 Å². The molecule has 1 saturated heterocycles. The van der Waals surface area contributed by atoms with E-state index in [0.29, 0.717) is 25.9 Å². The van der Waals surface area contributed by atoms with Crippen LogP contribution in [0.3, 0.4) is 0 Å². The molecule has 1 aliphatic rings. The predicted octanol–water partition coefficient (Wildman–Crippen LogP) is 0.898. The van der Waals surface area contributed by atoms with Crippen molar-refractivity contribution < 1.29 is 14.3 Å². The molecule has 1 aliphatic heterocycles. The molecule has 1 fully saturated rings. The summed E-state index contributed by atoms with van der Waals surface area (Å²) in [7, 11) is 0. The molecule has 0 bridgehead atoms.